The molecule has 3 nitrogen and oxygen atoms in total. The molecule has 0 saturated heterocycles. The monoisotopic (exact) mass is 191 g/mol. The Morgan fingerprint density at radius 1 is 1.71 bits per heavy atom. The first-order chi connectivity index (χ1) is 6.66. The first-order valence-corrected chi connectivity index (χ1v) is 4.84. The Balaban J connectivity index is 2.57. The van der Waals surface area contributed by atoms with E-state index in [4.69, 9.17) is 12.2 Å². The standard InChI is InChI=1S/C11H17N3/c1-4-5-6-7-11(12)10-8-13-14(3)9(10)2/h1,8,11H,5-7,12H2,2-3H3. The average molecular weight is 191 g/mol. The largest absolute Gasteiger partial charge is 0.324 e. The van der Waals surface area contributed by atoms with Gasteiger partial charge in [0, 0.05) is 30.8 Å². The van der Waals surface area contributed by atoms with E-state index in [1.807, 2.05) is 24.9 Å². The van der Waals surface area contributed by atoms with Crippen LogP contribution in [0.1, 0.15) is 36.6 Å². The smallest absolute Gasteiger partial charge is 0.0540 e. The average Bonchev–Trinajstić information content (AvgIpc) is 2.48. The van der Waals surface area contributed by atoms with Crippen molar-refractivity contribution in [2.75, 3.05) is 0 Å². The van der Waals surface area contributed by atoms with Crippen molar-refractivity contribution in [1.29, 1.82) is 0 Å². The molecule has 0 fully saturated rings. The van der Waals surface area contributed by atoms with Gasteiger partial charge < -0.3 is 5.73 Å². The SMILES string of the molecule is C#CCCCC(N)c1cnn(C)c1C. The molecule has 0 aliphatic heterocycles. The summed E-state index contributed by atoms with van der Waals surface area (Å²) in [5.41, 5.74) is 8.29. The highest BCUT2D eigenvalue weighted by Gasteiger charge is 2.11. The van der Waals surface area contributed by atoms with Gasteiger partial charge in [-0.3, -0.25) is 4.68 Å². The normalized spacial score (nSPS) is 12.4. The molecule has 0 saturated carbocycles. The van der Waals surface area contributed by atoms with Gasteiger partial charge in [0.1, 0.15) is 0 Å². The van der Waals surface area contributed by atoms with Crippen LogP contribution in [0.2, 0.25) is 0 Å². The molecule has 2 N–H and O–H groups in total. The molecule has 1 aromatic rings. The van der Waals surface area contributed by atoms with E-state index < -0.39 is 0 Å². The Hall–Kier alpha value is -1.27. The number of unbranched alkanes of at least 4 members (excludes halogenated alkanes) is 1. The van der Waals surface area contributed by atoms with Crippen LogP contribution in [-0.2, 0) is 7.05 Å². The van der Waals surface area contributed by atoms with Crippen LogP contribution in [0, 0.1) is 19.3 Å². The lowest BCUT2D eigenvalue weighted by atomic mass is 10.0. The number of terminal acetylenes is 1. The second kappa shape index (κ2) is 4.83. The van der Waals surface area contributed by atoms with Gasteiger partial charge in [0.25, 0.3) is 0 Å². The molecule has 0 aromatic carbocycles. The molecule has 3 heteroatoms. The lowest BCUT2D eigenvalue weighted by molar-refractivity contribution is 0.615. The molecule has 14 heavy (non-hydrogen) atoms. The maximum absolute atomic E-state index is 6.03. The summed E-state index contributed by atoms with van der Waals surface area (Å²) in [4.78, 5) is 0. The van der Waals surface area contributed by atoms with Crippen molar-refractivity contribution in [2.45, 2.75) is 32.2 Å². The molecular weight excluding hydrogens is 174 g/mol. The Morgan fingerprint density at radius 2 is 2.43 bits per heavy atom. The summed E-state index contributed by atoms with van der Waals surface area (Å²) in [6, 6.07) is 0.0667. The van der Waals surface area contributed by atoms with Gasteiger partial charge in [-0.2, -0.15) is 5.10 Å². The van der Waals surface area contributed by atoms with E-state index in [1.54, 1.807) is 0 Å². The number of aryl methyl sites for hydroxylation is 1. The summed E-state index contributed by atoms with van der Waals surface area (Å²) in [5, 5.41) is 4.16. The van der Waals surface area contributed by atoms with E-state index in [0.29, 0.717) is 0 Å². The fraction of sp³-hybridized carbons (Fsp3) is 0.545. The first-order valence-electron chi connectivity index (χ1n) is 4.84. The zero-order valence-electron chi connectivity index (χ0n) is 8.83. The molecule has 0 spiro atoms. The highest BCUT2D eigenvalue weighted by molar-refractivity contribution is 5.19. The summed E-state index contributed by atoms with van der Waals surface area (Å²) >= 11 is 0. The molecule has 1 aromatic heterocycles. The second-order valence-electron chi connectivity index (χ2n) is 3.51. The van der Waals surface area contributed by atoms with Crippen molar-refractivity contribution in [2.24, 2.45) is 12.8 Å². The van der Waals surface area contributed by atoms with Crippen molar-refractivity contribution in [3.05, 3.63) is 17.5 Å². The fourth-order valence-corrected chi connectivity index (χ4v) is 1.46. The molecular formula is C11H17N3. The molecule has 76 valence electrons. The summed E-state index contributed by atoms with van der Waals surface area (Å²) in [5.74, 6) is 2.62. The Labute approximate surface area is 85.3 Å². The van der Waals surface area contributed by atoms with Gasteiger partial charge in [-0.05, 0) is 19.8 Å². The number of nitrogens with two attached hydrogens (primary N) is 1. The van der Waals surface area contributed by atoms with Gasteiger partial charge in [0.05, 0.1) is 6.20 Å². The maximum atomic E-state index is 6.03. The van der Waals surface area contributed by atoms with E-state index in [1.165, 1.54) is 0 Å². The van der Waals surface area contributed by atoms with Crippen molar-refractivity contribution in [1.82, 2.24) is 9.78 Å². The molecule has 1 atom stereocenters. The quantitative estimate of drug-likeness (QED) is 0.579. The Kier molecular flexibility index (Phi) is 3.73. The second-order valence-corrected chi connectivity index (χ2v) is 3.51. The lowest BCUT2D eigenvalue weighted by Crippen LogP contribution is -2.11. The van der Waals surface area contributed by atoms with E-state index in [0.717, 1.165) is 30.5 Å². The number of aromatic nitrogens is 2. The van der Waals surface area contributed by atoms with Crippen LogP contribution in [0.5, 0.6) is 0 Å². The minimum atomic E-state index is 0.0667. The van der Waals surface area contributed by atoms with Gasteiger partial charge in [-0.25, -0.2) is 0 Å². The molecule has 1 rings (SSSR count). The van der Waals surface area contributed by atoms with Gasteiger partial charge in [-0.15, -0.1) is 12.3 Å². The summed E-state index contributed by atoms with van der Waals surface area (Å²) in [7, 11) is 1.92. The van der Waals surface area contributed by atoms with Crippen molar-refractivity contribution in [3.8, 4) is 12.3 Å². The Morgan fingerprint density at radius 3 is 2.93 bits per heavy atom. The van der Waals surface area contributed by atoms with Crippen LogP contribution in [-0.4, -0.2) is 9.78 Å². The zero-order valence-corrected chi connectivity index (χ0v) is 8.83. The molecule has 0 aliphatic rings. The van der Waals surface area contributed by atoms with Crippen LogP contribution >= 0.6 is 0 Å². The zero-order chi connectivity index (χ0) is 10.6. The maximum Gasteiger partial charge on any atom is 0.0540 e. The number of hydrogen-bond acceptors (Lipinski definition) is 2. The van der Waals surface area contributed by atoms with E-state index in [2.05, 4.69) is 11.0 Å². The minimum Gasteiger partial charge on any atom is -0.324 e. The third-order valence-corrected chi connectivity index (χ3v) is 2.51. The Bertz CT molecular complexity index is 333. The fourth-order valence-electron chi connectivity index (χ4n) is 1.46. The minimum absolute atomic E-state index is 0.0667. The summed E-state index contributed by atoms with van der Waals surface area (Å²) in [6.07, 6.45) is 9.73. The highest BCUT2D eigenvalue weighted by atomic mass is 15.3. The van der Waals surface area contributed by atoms with Crippen LogP contribution in [0.15, 0.2) is 6.20 Å². The van der Waals surface area contributed by atoms with Gasteiger partial charge in [0.2, 0.25) is 0 Å². The van der Waals surface area contributed by atoms with E-state index >= 15 is 0 Å². The first kappa shape index (κ1) is 10.8. The lowest BCUT2D eigenvalue weighted by Gasteiger charge is -2.09. The van der Waals surface area contributed by atoms with E-state index in [-0.39, 0.29) is 6.04 Å². The van der Waals surface area contributed by atoms with Crippen LogP contribution in [0.25, 0.3) is 0 Å². The number of nitrogens with zero attached hydrogens (tertiary/aromatic N) is 2. The summed E-state index contributed by atoms with van der Waals surface area (Å²) < 4.78 is 1.84. The van der Waals surface area contributed by atoms with Crippen molar-refractivity contribution in [3.63, 3.8) is 0 Å². The molecule has 0 radical (unpaired) electrons. The van der Waals surface area contributed by atoms with Crippen LogP contribution in [0.3, 0.4) is 0 Å². The molecule has 1 heterocycles. The number of rotatable bonds is 4. The van der Waals surface area contributed by atoms with Gasteiger partial charge >= 0.3 is 0 Å². The van der Waals surface area contributed by atoms with Gasteiger partial charge in [0.15, 0.2) is 0 Å². The molecule has 0 bridgehead atoms. The third-order valence-electron chi connectivity index (χ3n) is 2.51. The highest BCUT2D eigenvalue weighted by Crippen LogP contribution is 2.19. The summed E-state index contributed by atoms with van der Waals surface area (Å²) in [6.45, 7) is 2.03. The predicted octanol–water partition coefficient (Wildman–Crippen LogP) is 1.53. The molecule has 0 aliphatic carbocycles. The van der Waals surface area contributed by atoms with Crippen LogP contribution in [0.4, 0.5) is 0 Å². The molecule has 1 unspecified atom stereocenters. The topological polar surface area (TPSA) is 43.8 Å². The van der Waals surface area contributed by atoms with E-state index in [9.17, 15) is 0 Å². The van der Waals surface area contributed by atoms with Gasteiger partial charge in [-0.1, -0.05) is 0 Å². The predicted molar refractivity (Wildman–Crippen MR) is 57.6 cm³/mol. The third kappa shape index (κ3) is 2.36. The van der Waals surface area contributed by atoms with Crippen LogP contribution < -0.4 is 5.73 Å². The van der Waals surface area contributed by atoms with Crippen molar-refractivity contribution >= 4 is 0 Å². The molecule has 0 amide bonds. The van der Waals surface area contributed by atoms with Crippen molar-refractivity contribution < 1.29 is 0 Å². The number of hydrogen-bond donors (Lipinski definition) is 1.